The third kappa shape index (κ3) is 4.13. The van der Waals surface area contributed by atoms with Crippen LogP contribution >= 0.6 is 12.4 Å². The number of nitrogens with two attached hydrogens (primary N) is 1. The molecule has 0 aliphatic rings. The van der Waals surface area contributed by atoms with Gasteiger partial charge in [0.15, 0.2) is 0 Å². The summed E-state index contributed by atoms with van der Waals surface area (Å²) in [5, 5.41) is 0. The average molecular weight is 295 g/mol. The van der Waals surface area contributed by atoms with Gasteiger partial charge in [-0.15, -0.1) is 12.4 Å². The highest BCUT2D eigenvalue weighted by Crippen LogP contribution is 2.21. The summed E-state index contributed by atoms with van der Waals surface area (Å²) in [5.41, 5.74) is 6.16. The molecule has 0 spiro atoms. The van der Waals surface area contributed by atoms with E-state index < -0.39 is 10.0 Å². The van der Waals surface area contributed by atoms with Crippen LogP contribution in [0.25, 0.3) is 0 Å². The van der Waals surface area contributed by atoms with Crippen LogP contribution in [0.4, 0.5) is 0 Å². The summed E-state index contributed by atoms with van der Waals surface area (Å²) in [7, 11) is -1.96. The number of benzene rings is 1. The topological polar surface area (TPSA) is 81.4 Å². The minimum absolute atomic E-state index is 0. The van der Waals surface area contributed by atoms with Gasteiger partial charge in [0.2, 0.25) is 10.0 Å². The van der Waals surface area contributed by atoms with Gasteiger partial charge in [-0.2, -0.15) is 0 Å². The van der Waals surface area contributed by atoms with E-state index in [0.717, 1.165) is 5.56 Å². The Morgan fingerprint density at radius 3 is 2.50 bits per heavy atom. The van der Waals surface area contributed by atoms with E-state index in [1.54, 1.807) is 33.1 Å². The molecule has 0 saturated heterocycles. The number of rotatable bonds is 5. The van der Waals surface area contributed by atoms with Gasteiger partial charge in [-0.3, -0.25) is 0 Å². The molecule has 0 aliphatic carbocycles. The van der Waals surface area contributed by atoms with Crippen LogP contribution in [0.3, 0.4) is 0 Å². The molecule has 1 aromatic carbocycles. The van der Waals surface area contributed by atoms with E-state index in [0.29, 0.717) is 5.75 Å². The van der Waals surface area contributed by atoms with Gasteiger partial charge in [-0.1, -0.05) is 0 Å². The maximum Gasteiger partial charge on any atom is 0.240 e. The molecule has 0 amide bonds. The summed E-state index contributed by atoms with van der Waals surface area (Å²) >= 11 is 0. The van der Waals surface area contributed by atoms with Gasteiger partial charge in [0.1, 0.15) is 5.75 Å². The van der Waals surface area contributed by atoms with Crippen molar-refractivity contribution in [1.82, 2.24) is 4.72 Å². The van der Waals surface area contributed by atoms with Crippen molar-refractivity contribution < 1.29 is 13.2 Å². The maximum absolute atomic E-state index is 11.9. The molecule has 3 N–H and O–H groups in total. The van der Waals surface area contributed by atoms with Crippen LogP contribution in [0.5, 0.6) is 5.75 Å². The predicted octanol–water partition coefficient (Wildman–Crippen LogP) is 1.05. The second kappa shape index (κ2) is 6.94. The van der Waals surface area contributed by atoms with Crippen molar-refractivity contribution in [3.05, 3.63) is 23.8 Å². The summed E-state index contributed by atoms with van der Waals surface area (Å²) in [6.45, 7) is 3.77. The summed E-state index contributed by atoms with van der Waals surface area (Å²) in [6, 6.07) is 4.43. The monoisotopic (exact) mass is 294 g/mol. The molecular weight excluding hydrogens is 276 g/mol. The van der Waals surface area contributed by atoms with Crippen LogP contribution in [0.15, 0.2) is 23.1 Å². The second-order valence-electron chi connectivity index (χ2n) is 3.89. The molecule has 1 rings (SSSR count). The molecule has 0 unspecified atom stereocenters. The Morgan fingerprint density at radius 2 is 2.06 bits per heavy atom. The minimum Gasteiger partial charge on any atom is -0.496 e. The Kier molecular flexibility index (Phi) is 6.62. The van der Waals surface area contributed by atoms with E-state index in [9.17, 15) is 8.42 Å². The van der Waals surface area contributed by atoms with Gasteiger partial charge in [0.05, 0.1) is 12.0 Å². The van der Waals surface area contributed by atoms with Crippen molar-refractivity contribution in [3.8, 4) is 5.75 Å². The van der Waals surface area contributed by atoms with E-state index in [4.69, 9.17) is 10.5 Å². The Bertz CT molecular complexity index is 491. The van der Waals surface area contributed by atoms with Crippen molar-refractivity contribution >= 4 is 22.4 Å². The second-order valence-corrected chi connectivity index (χ2v) is 5.60. The number of hydrogen-bond donors (Lipinski definition) is 2. The van der Waals surface area contributed by atoms with Gasteiger partial charge >= 0.3 is 0 Å². The largest absolute Gasteiger partial charge is 0.496 e. The lowest BCUT2D eigenvalue weighted by Crippen LogP contribution is -2.37. The number of ether oxygens (including phenoxy) is 1. The zero-order chi connectivity index (χ0) is 13.1. The van der Waals surface area contributed by atoms with E-state index in [-0.39, 0.29) is 29.9 Å². The third-order valence-corrected chi connectivity index (χ3v) is 3.97. The van der Waals surface area contributed by atoms with Crippen molar-refractivity contribution in [1.29, 1.82) is 0 Å². The van der Waals surface area contributed by atoms with Crippen LogP contribution in [0.1, 0.15) is 12.5 Å². The van der Waals surface area contributed by atoms with Gasteiger partial charge < -0.3 is 10.5 Å². The fraction of sp³-hybridized carbons (Fsp3) is 0.455. The highest BCUT2D eigenvalue weighted by atomic mass is 35.5. The Morgan fingerprint density at radius 1 is 1.44 bits per heavy atom. The number of nitrogens with one attached hydrogen (secondary N) is 1. The highest BCUT2D eigenvalue weighted by molar-refractivity contribution is 7.89. The summed E-state index contributed by atoms with van der Waals surface area (Å²) in [4.78, 5) is 0.219. The summed E-state index contributed by atoms with van der Waals surface area (Å²) in [6.07, 6.45) is 0. The molecule has 0 bridgehead atoms. The minimum atomic E-state index is -3.50. The van der Waals surface area contributed by atoms with Gasteiger partial charge in [0, 0.05) is 12.6 Å². The molecule has 0 aromatic heterocycles. The first-order chi connectivity index (χ1) is 7.90. The zero-order valence-electron chi connectivity index (χ0n) is 10.6. The van der Waals surface area contributed by atoms with Crippen molar-refractivity contribution in [3.63, 3.8) is 0 Å². The van der Waals surface area contributed by atoms with Crippen molar-refractivity contribution in [2.45, 2.75) is 24.8 Å². The first-order valence-electron chi connectivity index (χ1n) is 5.27. The summed E-state index contributed by atoms with van der Waals surface area (Å²) in [5.74, 6) is 0.663. The molecule has 5 nitrogen and oxygen atoms in total. The number of methoxy groups -OCH3 is 1. The molecule has 104 valence electrons. The quantitative estimate of drug-likeness (QED) is 0.850. The van der Waals surface area contributed by atoms with Crippen molar-refractivity contribution in [2.24, 2.45) is 5.73 Å². The SMILES string of the molecule is COc1ccc(S(=O)(=O)N[C@H](C)CN)cc1C.Cl. The fourth-order valence-electron chi connectivity index (χ4n) is 1.40. The third-order valence-electron chi connectivity index (χ3n) is 2.39. The Labute approximate surface area is 114 Å². The molecule has 1 atom stereocenters. The fourth-order valence-corrected chi connectivity index (χ4v) is 2.74. The highest BCUT2D eigenvalue weighted by Gasteiger charge is 2.17. The normalized spacial score (nSPS) is 12.7. The lowest BCUT2D eigenvalue weighted by molar-refractivity contribution is 0.411. The lowest BCUT2D eigenvalue weighted by atomic mass is 10.2. The average Bonchev–Trinajstić information content (AvgIpc) is 2.28. The number of sulfonamides is 1. The van der Waals surface area contributed by atoms with Crippen LogP contribution in [-0.4, -0.2) is 28.1 Å². The standard InChI is InChI=1S/C11H18N2O3S.ClH/c1-8-6-10(4-5-11(8)16-3)17(14,15)13-9(2)7-12;/h4-6,9,13H,7,12H2,1-3H3;1H/t9-;/m1./s1. The number of hydrogen-bond acceptors (Lipinski definition) is 4. The maximum atomic E-state index is 11.9. The van der Waals surface area contributed by atoms with Gasteiger partial charge in [-0.05, 0) is 37.6 Å². The first kappa shape index (κ1) is 17.2. The van der Waals surface area contributed by atoms with Crippen LogP contribution in [0.2, 0.25) is 0 Å². The smallest absolute Gasteiger partial charge is 0.240 e. The zero-order valence-corrected chi connectivity index (χ0v) is 12.3. The molecule has 0 fully saturated rings. The molecular formula is C11H19ClN2O3S. The Hall–Kier alpha value is -0.820. The van der Waals surface area contributed by atoms with E-state index in [1.807, 2.05) is 0 Å². The van der Waals surface area contributed by atoms with Gasteiger partial charge in [-0.25, -0.2) is 13.1 Å². The van der Waals surface area contributed by atoms with E-state index in [2.05, 4.69) is 4.72 Å². The predicted molar refractivity (Wildman–Crippen MR) is 73.8 cm³/mol. The molecule has 0 aliphatic heterocycles. The van der Waals surface area contributed by atoms with Crippen LogP contribution < -0.4 is 15.2 Å². The van der Waals surface area contributed by atoms with E-state index in [1.165, 1.54) is 6.07 Å². The molecule has 0 radical (unpaired) electrons. The summed E-state index contributed by atoms with van der Waals surface area (Å²) < 4.78 is 31.5. The van der Waals surface area contributed by atoms with Crippen LogP contribution in [-0.2, 0) is 10.0 Å². The molecule has 1 aromatic rings. The molecule has 7 heteroatoms. The van der Waals surface area contributed by atoms with Crippen LogP contribution in [0, 0.1) is 6.92 Å². The van der Waals surface area contributed by atoms with Gasteiger partial charge in [0.25, 0.3) is 0 Å². The van der Waals surface area contributed by atoms with Crippen molar-refractivity contribution in [2.75, 3.05) is 13.7 Å². The molecule has 0 heterocycles. The lowest BCUT2D eigenvalue weighted by Gasteiger charge is -2.13. The number of halogens is 1. The molecule has 0 saturated carbocycles. The first-order valence-corrected chi connectivity index (χ1v) is 6.76. The molecule has 18 heavy (non-hydrogen) atoms. The number of aryl methyl sites for hydroxylation is 1. The Balaban J connectivity index is 0.00000289. The van der Waals surface area contributed by atoms with E-state index >= 15 is 0 Å².